The van der Waals surface area contributed by atoms with Gasteiger partial charge in [-0.1, -0.05) is 35.6 Å². The summed E-state index contributed by atoms with van der Waals surface area (Å²) in [6.07, 6.45) is 0. The highest BCUT2D eigenvalue weighted by Gasteiger charge is 2.48. The lowest BCUT2D eigenvalue weighted by Gasteiger charge is -2.23. The van der Waals surface area contributed by atoms with Gasteiger partial charge >= 0.3 is 11.9 Å². The summed E-state index contributed by atoms with van der Waals surface area (Å²) in [5, 5.41) is 11.4. The number of aromatic nitrogens is 1. The van der Waals surface area contributed by atoms with Crippen LogP contribution in [0.25, 0.3) is 5.76 Å². The van der Waals surface area contributed by atoms with Gasteiger partial charge in [0.25, 0.3) is 5.78 Å². The number of ketones is 1. The molecule has 1 aliphatic rings. The zero-order valence-corrected chi connectivity index (χ0v) is 20.9. The Labute approximate surface area is 211 Å². The van der Waals surface area contributed by atoms with Crippen LogP contribution in [0.1, 0.15) is 39.5 Å². The molecule has 0 bridgehead atoms. The predicted molar refractivity (Wildman–Crippen MR) is 134 cm³/mol. The first kappa shape index (κ1) is 24.9. The third-order valence-electron chi connectivity index (χ3n) is 5.67. The number of aliphatic hydroxyl groups excluding tert-OH is 1. The van der Waals surface area contributed by atoms with Crippen LogP contribution in [0, 0.1) is 6.92 Å². The summed E-state index contributed by atoms with van der Waals surface area (Å²) < 4.78 is 15.6. The van der Waals surface area contributed by atoms with Gasteiger partial charge in [-0.3, -0.25) is 14.5 Å². The first-order valence-corrected chi connectivity index (χ1v) is 11.9. The number of ether oxygens (including phenoxy) is 3. The number of hydrogen-bond acceptors (Lipinski definition) is 9. The van der Waals surface area contributed by atoms with Crippen molar-refractivity contribution < 1.29 is 33.7 Å². The predicted octanol–water partition coefficient (Wildman–Crippen LogP) is 4.27. The lowest BCUT2D eigenvalue weighted by molar-refractivity contribution is -0.132. The van der Waals surface area contributed by atoms with Crippen molar-refractivity contribution in [1.29, 1.82) is 0 Å². The Balaban J connectivity index is 1.91. The molecule has 36 heavy (non-hydrogen) atoms. The highest BCUT2D eigenvalue weighted by molar-refractivity contribution is 7.17. The monoisotopic (exact) mass is 508 g/mol. The second-order valence-electron chi connectivity index (χ2n) is 7.81. The van der Waals surface area contributed by atoms with Crippen molar-refractivity contribution in [3.8, 4) is 11.5 Å². The van der Waals surface area contributed by atoms with Crippen molar-refractivity contribution in [3.05, 3.63) is 75.8 Å². The molecule has 1 atom stereocenters. The minimum Gasteiger partial charge on any atom is -0.507 e. The van der Waals surface area contributed by atoms with E-state index in [9.17, 15) is 19.5 Å². The number of Topliss-reactive ketones (excluding diaryl/α,β-unsaturated/α-hetero) is 1. The summed E-state index contributed by atoms with van der Waals surface area (Å²) in [6, 6.07) is 12.3. The minimum atomic E-state index is -0.997. The Kier molecular flexibility index (Phi) is 7.07. The van der Waals surface area contributed by atoms with Crippen molar-refractivity contribution in [3.63, 3.8) is 0 Å². The van der Waals surface area contributed by atoms with Gasteiger partial charge in [-0.15, -0.1) is 0 Å². The molecule has 2 heterocycles. The Hall–Kier alpha value is -4.18. The van der Waals surface area contributed by atoms with Gasteiger partial charge in [-0.25, -0.2) is 9.78 Å². The Morgan fingerprint density at radius 3 is 2.42 bits per heavy atom. The fraction of sp³-hybridized carbons (Fsp3) is 0.231. The number of thiazole rings is 1. The van der Waals surface area contributed by atoms with Crippen LogP contribution in [-0.2, 0) is 14.3 Å². The summed E-state index contributed by atoms with van der Waals surface area (Å²) in [5.41, 5.74) is 1.12. The van der Waals surface area contributed by atoms with Gasteiger partial charge in [-0.05, 0) is 43.7 Å². The Bertz CT molecular complexity index is 1360. The van der Waals surface area contributed by atoms with Crippen molar-refractivity contribution in [2.45, 2.75) is 19.9 Å². The molecule has 4 rings (SSSR count). The molecule has 10 heteroatoms. The van der Waals surface area contributed by atoms with Crippen LogP contribution in [0.4, 0.5) is 5.13 Å². The summed E-state index contributed by atoms with van der Waals surface area (Å²) in [4.78, 5) is 44.9. The van der Waals surface area contributed by atoms with Gasteiger partial charge in [0.15, 0.2) is 5.13 Å². The van der Waals surface area contributed by atoms with Crippen LogP contribution >= 0.6 is 11.3 Å². The molecule has 0 spiro atoms. The fourth-order valence-corrected chi connectivity index (χ4v) is 4.92. The lowest BCUT2D eigenvalue weighted by atomic mass is 9.95. The highest BCUT2D eigenvalue weighted by atomic mass is 32.1. The van der Waals surface area contributed by atoms with E-state index >= 15 is 0 Å². The zero-order valence-electron chi connectivity index (χ0n) is 20.1. The molecule has 0 radical (unpaired) electrons. The van der Waals surface area contributed by atoms with E-state index in [4.69, 9.17) is 14.2 Å². The van der Waals surface area contributed by atoms with Crippen LogP contribution in [0.15, 0.2) is 54.1 Å². The van der Waals surface area contributed by atoms with Crippen LogP contribution < -0.4 is 14.4 Å². The van der Waals surface area contributed by atoms with E-state index < -0.39 is 23.7 Å². The second-order valence-corrected chi connectivity index (χ2v) is 8.78. The van der Waals surface area contributed by atoms with E-state index in [0.29, 0.717) is 28.3 Å². The third-order valence-corrected chi connectivity index (χ3v) is 6.81. The third kappa shape index (κ3) is 4.42. The second kappa shape index (κ2) is 10.2. The van der Waals surface area contributed by atoms with Crippen molar-refractivity contribution in [2.24, 2.45) is 0 Å². The molecule has 0 aliphatic carbocycles. The fourth-order valence-electron chi connectivity index (χ4n) is 3.93. The normalized spacial score (nSPS) is 16.8. The van der Waals surface area contributed by atoms with E-state index in [1.54, 1.807) is 62.4 Å². The molecule has 1 N–H and O–H groups in total. The van der Waals surface area contributed by atoms with Crippen molar-refractivity contribution in [2.75, 3.05) is 25.7 Å². The number of hydrogen-bond donors (Lipinski definition) is 1. The van der Waals surface area contributed by atoms with Crippen LogP contribution in [-0.4, -0.2) is 48.6 Å². The number of nitrogens with zero attached hydrogens (tertiary/aromatic N) is 2. The summed E-state index contributed by atoms with van der Waals surface area (Å²) in [7, 11) is 3.01. The van der Waals surface area contributed by atoms with E-state index in [2.05, 4.69) is 4.98 Å². The molecule has 1 fully saturated rings. The molecule has 3 aromatic rings. The summed E-state index contributed by atoms with van der Waals surface area (Å²) in [5.74, 6) is -1.60. The number of benzene rings is 2. The topological polar surface area (TPSA) is 115 Å². The molecular weight excluding hydrogens is 484 g/mol. The molecule has 1 amide bonds. The molecule has 1 saturated heterocycles. The van der Waals surface area contributed by atoms with E-state index in [-0.39, 0.29) is 27.9 Å². The van der Waals surface area contributed by atoms with Crippen molar-refractivity contribution in [1.82, 2.24) is 4.98 Å². The van der Waals surface area contributed by atoms with Gasteiger partial charge in [0.05, 0.1) is 38.1 Å². The number of carbonyl (C=O) groups is 3. The summed E-state index contributed by atoms with van der Waals surface area (Å²) in [6.45, 7) is 3.50. The number of aryl methyl sites for hydroxylation is 1. The van der Waals surface area contributed by atoms with E-state index in [0.717, 1.165) is 11.3 Å². The largest absolute Gasteiger partial charge is 0.507 e. The molecule has 186 valence electrons. The van der Waals surface area contributed by atoms with Crippen LogP contribution in [0.3, 0.4) is 0 Å². The van der Waals surface area contributed by atoms with Crippen LogP contribution in [0.5, 0.6) is 11.5 Å². The maximum Gasteiger partial charge on any atom is 0.350 e. The zero-order chi connectivity index (χ0) is 26.0. The Morgan fingerprint density at radius 1 is 1.08 bits per heavy atom. The SMILES string of the molecule is CCOC(=O)c1sc(N2C(=O)C(=O)/C(=C(/O)c3cccc(OC)c3)C2c2ccc(OC)cc2)nc1C. The Morgan fingerprint density at radius 2 is 1.78 bits per heavy atom. The molecule has 9 nitrogen and oxygen atoms in total. The smallest absolute Gasteiger partial charge is 0.350 e. The quantitative estimate of drug-likeness (QED) is 0.218. The van der Waals surface area contributed by atoms with E-state index in [1.807, 2.05) is 0 Å². The van der Waals surface area contributed by atoms with Crippen LogP contribution in [0.2, 0.25) is 0 Å². The lowest BCUT2D eigenvalue weighted by Crippen LogP contribution is -2.29. The maximum absolute atomic E-state index is 13.3. The first-order valence-electron chi connectivity index (χ1n) is 11.0. The highest BCUT2D eigenvalue weighted by Crippen LogP contribution is 2.44. The molecule has 2 aromatic carbocycles. The van der Waals surface area contributed by atoms with E-state index in [1.165, 1.54) is 19.1 Å². The number of carbonyl (C=O) groups excluding carboxylic acids is 3. The van der Waals surface area contributed by atoms with Gasteiger partial charge in [-0.2, -0.15) is 0 Å². The molecule has 1 aromatic heterocycles. The van der Waals surface area contributed by atoms with Gasteiger partial charge in [0, 0.05) is 5.56 Å². The number of esters is 1. The standard InChI is InChI=1S/C26H24N2O7S/c1-5-35-25(32)23-14(2)27-26(36-23)28-20(15-9-11-17(33-3)12-10-15)19(22(30)24(28)31)21(29)16-7-6-8-18(13-16)34-4/h6-13,20,29H,5H2,1-4H3/b21-19+. The molecule has 0 saturated carbocycles. The van der Waals surface area contributed by atoms with Crippen molar-refractivity contribution >= 4 is 39.9 Å². The molecular formula is C26H24N2O7S. The average molecular weight is 509 g/mol. The average Bonchev–Trinajstić information content (AvgIpc) is 3.40. The van der Waals surface area contributed by atoms with Gasteiger partial charge < -0.3 is 19.3 Å². The number of amides is 1. The molecule has 1 unspecified atom stereocenters. The first-order chi connectivity index (χ1) is 17.3. The van der Waals surface area contributed by atoms with Gasteiger partial charge in [0.1, 0.15) is 22.1 Å². The number of methoxy groups -OCH3 is 2. The molecule has 1 aliphatic heterocycles. The summed E-state index contributed by atoms with van der Waals surface area (Å²) >= 11 is 0.951. The maximum atomic E-state index is 13.3. The van der Waals surface area contributed by atoms with Gasteiger partial charge in [0.2, 0.25) is 0 Å². The number of aliphatic hydroxyl groups is 1. The minimum absolute atomic E-state index is 0.107. The number of anilines is 1. The number of rotatable bonds is 7.